The van der Waals surface area contributed by atoms with Crippen LogP contribution < -0.4 is 9.75 Å². The first-order valence-corrected chi connectivity index (χ1v) is 15.4. The van der Waals surface area contributed by atoms with Gasteiger partial charge in [0, 0.05) is 15.9 Å². The molecular weight excluding hydrogens is 398 g/mol. The van der Waals surface area contributed by atoms with E-state index in [0.29, 0.717) is 0 Å². The number of aryl methyl sites for hydroxylation is 4. The van der Waals surface area contributed by atoms with Gasteiger partial charge in [-0.2, -0.15) is 0 Å². The van der Waals surface area contributed by atoms with E-state index in [1.54, 1.807) is 21.7 Å². The first-order chi connectivity index (χ1) is 14.3. The fourth-order valence-corrected chi connectivity index (χ4v) is 8.20. The van der Waals surface area contributed by atoms with Crippen molar-refractivity contribution in [2.45, 2.75) is 55.6 Å². The quantitative estimate of drug-likeness (QED) is 0.225. The van der Waals surface area contributed by atoms with Crippen LogP contribution in [0.5, 0.6) is 0 Å². The maximum Gasteiger partial charge on any atom is 0.222 e. The van der Waals surface area contributed by atoms with Gasteiger partial charge in [-0.15, -0.1) is 0 Å². The molecule has 0 unspecified atom stereocenters. The highest BCUT2D eigenvalue weighted by molar-refractivity contribution is 8.00. The van der Waals surface area contributed by atoms with E-state index in [0.717, 1.165) is 0 Å². The lowest BCUT2D eigenvalue weighted by molar-refractivity contribution is -0.659. The third-order valence-electron chi connectivity index (χ3n) is 7.12. The van der Waals surface area contributed by atoms with E-state index in [2.05, 4.69) is 80.8 Å². The van der Waals surface area contributed by atoms with Gasteiger partial charge in [0.15, 0.2) is 6.20 Å². The predicted octanol–water partition coefficient (Wildman–Crippen LogP) is 6.29. The molecule has 0 N–H and O–H groups in total. The summed E-state index contributed by atoms with van der Waals surface area (Å²) in [5.41, 5.74) is 7.47. The van der Waals surface area contributed by atoms with Gasteiger partial charge in [0.1, 0.15) is 7.05 Å². The highest BCUT2D eigenvalue weighted by Crippen LogP contribution is 2.52. The van der Waals surface area contributed by atoms with E-state index in [9.17, 15) is 0 Å². The van der Waals surface area contributed by atoms with Crippen molar-refractivity contribution in [2.75, 3.05) is 0 Å². The van der Waals surface area contributed by atoms with Gasteiger partial charge in [-0.1, -0.05) is 60.9 Å². The van der Waals surface area contributed by atoms with E-state index in [1.807, 2.05) is 11.8 Å². The lowest BCUT2D eigenvalue weighted by Crippen LogP contribution is -2.38. The van der Waals surface area contributed by atoms with Crippen molar-refractivity contribution in [1.29, 1.82) is 0 Å². The molecule has 0 fully saturated rings. The Hall–Kier alpha value is -2.10. The van der Waals surface area contributed by atoms with Gasteiger partial charge in [-0.05, 0) is 65.1 Å². The Morgan fingerprint density at radius 3 is 2.63 bits per heavy atom. The number of benzene rings is 3. The molecule has 1 aliphatic heterocycles. The maximum absolute atomic E-state index is 2.52. The molecule has 3 heteroatoms. The molecule has 30 heavy (non-hydrogen) atoms. The molecule has 0 saturated carbocycles. The highest BCUT2D eigenvalue weighted by Gasteiger charge is 2.33. The van der Waals surface area contributed by atoms with Crippen LogP contribution in [0.4, 0.5) is 0 Å². The van der Waals surface area contributed by atoms with Crippen LogP contribution in [0.25, 0.3) is 32.8 Å². The minimum atomic E-state index is -1.39. The second-order valence-corrected chi connectivity index (χ2v) is 16.2. The lowest BCUT2D eigenvalue weighted by atomic mass is 9.83. The maximum atomic E-state index is 2.52. The second kappa shape index (κ2) is 6.21. The van der Waals surface area contributed by atoms with Crippen LogP contribution in [0.15, 0.2) is 52.4 Å². The Labute approximate surface area is 184 Å². The smallest absolute Gasteiger partial charge is 0.200 e. The lowest BCUT2D eigenvalue weighted by Gasteiger charge is -2.28. The Balaban J connectivity index is 1.80. The van der Waals surface area contributed by atoms with E-state index < -0.39 is 8.07 Å². The van der Waals surface area contributed by atoms with E-state index in [-0.39, 0.29) is 0 Å². The molecule has 0 radical (unpaired) electrons. The highest BCUT2D eigenvalue weighted by atomic mass is 32.2. The summed E-state index contributed by atoms with van der Waals surface area (Å²) >= 11 is 2.05. The van der Waals surface area contributed by atoms with Gasteiger partial charge in [-0.25, -0.2) is 4.57 Å². The standard InChI is InChI=1S/C27H28NSSi/c1-16-20-10-6-8-17-9-7-11-21(24(17)20)27-23(16)26-25-18(12-13-28(26)2)14-19(30(3,4)5)15-22(25)29-27/h6,8,10,12-15H,7,9,11H2,1-5H3/q+1. The van der Waals surface area contributed by atoms with Crippen LogP contribution in [-0.4, -0.2) is 8.07 Å². The minimum absolute atomic E-state index is 1.20. The van der Waals surface area contributed by atoms with Crippen LogP contribution in [0.2, 0.25) is 19.6 Å². The monoisotopic (exact) mass is 426 g/mol. The molecular formula is C27H28NSSi+. The third kappa shape index (κ3) is 2.45. The largest absolute Gasteiger partial charge is 0.222 e. The molecule has 1 nitrogen and oxygen atoms in total. The molecule has 0 atom stereocenters. The second-order valence-electron chi connectivity index (χ2n) is 10.1. The topological polar surface area (TPSA) is 3.88 Å². The fraction of sp³-hybridized carbons (Fsp3) is 0.296. The van der Waals surface area contributed by atoms with Gasteiger partial charge in [0.25, 0.3) is 0 Å². The summed E-state index contributed by atoms with van der Waals surface area (Å²) in [5.74, 6) is 0. The van der Waals surface area contributed by atoms with Gasteiger partial charge in [0.2, 0.25) is 5.69 Å². The van der Waals surface area contributed by atoms with E-state index in [1.165, 1.54) is 62.0 Å². The summed E-state index contributed by atoms with van der Waals surface area (Å²) in [5, 5.41) is 7.42. The average Bonchev–Trinajstić information content (AvgIpc) is 2.72. The van der Waals surface area contributed by atoms with Crippen molar-refractivity contribution in [1.82, 2.24) is 0 Å². The number of aromatic nitrogens is 1. The van der Waals surface area contributed by atoms with Crippen molar-refractivity contribution in [3.8, 4) is 11.3 Å². The molecule has 0 spiro atoms. The zero-order chi connectivity index (χ0) is 20.8. The summed E-state index contributed by atoms with van der Waals surface area (Å²) in [6.07, 6.45) is 5.94. The van der Waals surface area contributed by atoms with Crippen LogP contribution >= 0.6 is 11.8 Å². The van der Waals surface area contributed by atoms with Crippen LogP contribution in [0.1, 0.15) is 23.1 Å². The molecule has 4 aromatic rings. The molecule has 150 valence electrons. The summed E-state index contributed by atoms with van der Waals surface area (Å²) in [4.78, 5) is 2.98. The number of hydrogen-bond donors (Lipinski definition) is 0. The third-order valence-corrected chi connectivity index (χ3v) is 10.3. The predicted molar refractivity (Wildman–Crippen MR) is 132 cm³/mol. The Bertz CT molecular complexity index is 1390. The van der Waals surface area contributed by atoms with Crippen molar-refractivity contribution in [3.63, 3.8) is 0 Å². The Morgan fingerprint density at radius 1 is 1.00 bits per heavy atom. The van der Waals surface area contributed by atoms with Crippen molar-refractivity contribution in [2.24, 2.45) is 7.05 Å². The molecule has 2 heterocycles. The molecule has 0 amide bonds. The molecule has 0 saturated heterocycles. The van der Waals surface area contributed by atoms with Crippen molar-refractivity contribution >= 4 is 46.6 Å². The van der Waals surface area contributed by atoms with E-state index >= 15 is 0 Å². The zero-order valence-electron chi connectivity index (χ0n) is 18.5. The SMILES string of the molecule is Cc1c2c(c3c4c(cccc14)CCC3)Sc1cc([Si](C)(C)C)cc3cc[n+](C)c-2c13. The zero-order valence-corrected chi connectivity index (χ0v) is 20.3. The van der Waals surface area contributed by atoms with Crippen LogP contribution in [0, 0.1) is 6.92 Å². The number of pyridine rings is 1. The normalized spacial score (nSPS) is 15.0. The van der Waals surface area contributed by atoms with Gasteiger partial charge >= 0.3 is 0 Å². The Morgan fingerprint density at radius 2 is 1.83 bits per heavy atom. The summed E-state index contributed by atoms with van der Waals surface area (Å²) in [7, 11) is 0.827. The van der Waals surface area contributed by atoms with Crippen LogP contribution in [-0.2, 0) is 19.9 Å². The van der Waals surface area contributed by atoms with Gasteiger partial charge < -0.3 is 0 Å². The van der Waals surface area contributed by atoms with Gasteiger partial charge in [-0.3, -0.25) is 0 Å². The summed E-state index contributed by atoms with van der Waals surface area (Å²) < 4.78 is 2.36. The molecule has 3 aromatic carbocycles. The number of nitrogens with zero attached hydrogens (tertiary/aromatic N) is 1. The molecule has 6 rings (SSSR count). The molecule has 1 aromatic heterocycles. The first kappa shape index (κ1) is 18.6. The van der Waals surface area contributed by atoms with Gasteiger partial charge in [0.05, 0.1) is 19.0 Å². The molecule has 2 aliphatic rings. The van der Waals surface area contributed by atoms with Crippen LogP contribution in [0.3, 0.4) is 0 Å². The molecule has 1 aliphatic carbocycles. The minimum Gasteiger partial charge on any atom is -0.200 e. The number of hydrogen-bond acceptors (Lipinski definition) is 1. The summed E-state index contributed by atoms with van der Waals surface area (Å²) in [6, 6.07) is 14.3. The van der Waals surface area contributed by atoms with Crippen molar-refractivity contribution < 1.29 is 4.57 Å². The average molecular weight is 427 g/mol. The fourth-order valence-electron chi connectivity index (χ4n) is 5.53. The summed E-state index contributed by atoms with van der Waals surface area (Å²) in [6.45, 7) is 9.72. The first-order valence-electron chi connectivity index (χ1n) is 11.1. The van der Waals surface area contributed by atoms with Crippen molar-refractivity contribution in [3.05, 3.63) is 59.3 Å². The van der Waals surface area contributed by atoms with E-state index in [4.69, 9.17) is 0 Å². The molecule has 0 bridgehead atoms. The Kier molecular flexibility index (Phi) is 3.86. The number of rotatable bonds is 1. The number of fused-ring (bicyclic) bond motifs is 3.